The van der Waals surface area contributed by atoms with E-state index in [0.717, 1.165) is 19.4 Å². The van der Waals surface area contributed by atoms with E-state index in [1.165, 1.54) is 51.6 Å². The van der Waals surface area contributed by atoms with Crippen LogP contribution in [0, 0.1) is 5.41 Å². The highest BCUT2D eigenvalue weighted by Gasteiger charge is 2.41. The van der Waals surface area contributed by atoms with Gasteiger partial charge in [0.05, 0.1) is 0 Å². The van der Waals surface area contributed by atoms with Crippen molar-refractivity contribution in [3.8, 4) is 0 Å². The number of aliphatic carboxylic acids is 1. The van der Waals surface area contributed by atoms with Crippen LogP contribution in [-0.4, -0.2) is 35.6 Å². The first-order chi connectivity index (χ1) is 8.20. The molecule has 0 bridgehead atoms. The maximum Gasteiger partial charge on any atom is 0.303 e. The van der Waals surface area contributed by atoms with Crippen molar-refractivity contribution >= 4 is 5.97 Å². The molecule has 2 rings (SSSR count). The van der Waals surface area contributed by atoms with Gasteiger partial charge in [-0.3, -0.25) is 4.79 Å². The Bertz CT molecular complexity index is 249. The van der Waals surface area contributed by atoms with Crippen molar-refractivity contribution in [2.75, 3.05) is 19.6 Å². The van der Waals surface area contributed by atoms with Gasteiger partial charge in [-0.15, -0.1) is 0 Å². The first-order valence-corrected chi connectivity index (χ1v) is 7.14. The molecule has 0 aromatic rings. The fourth-order valence-corrected chi connectivity index (χ4v) is 3.47. The molecule has 0 amide bonds. The summed E-state index contributed by atoms with van der Waals surface area (Å²) >= 11 is 0. The van der Waals surface area contributed by atoms with E-state index in [2.05, 4.69) is 4.90 Å². The van der Waals surface area contributed by atoms with Gasteiger partial charge in [0, 0.05) is 19.5 Å². The Balaban J connectivity index is 1.59. The number of likely N-dealkylation sites (tertiary alicyclic amines) is 1. The first-order valence-electron chi connectivity index (χ1n) is 7.14. The second kappa shape index (κ2) is 5.85. The predicted octanol–water partition coefficient (Wildman–Crippen LogP) is 2.90. The van der Waals surface area contributed by atoms with Gasteiger partial charge in [0.2, 0.25) is 0 Å². The molecular formula is C14H25NO2. The molecule has 17 heavy (non-hydrogen) atoms. The number of rotatable bonds is 5. The Morgan fingerprint density at radius 1 is 1.06 bits per heavy atom. The van der Waals surface area contributed by atoms with Gasteiger partial charge >= 0.3 is 5.97 Å². The van der Waals surface area contributed by atoms with E-state index in [-0.39, 0.29) is 0 Å². The third kappa shape index (κ3) is 3.70. The van der Waals surface area contributed by atoms with E-state index in [9.17, 15) is 4.79 Å². The summed E-state index contributed by atoms with van der Waals surface area (Å²) in [6.07, 6.45) is 10.8. The zero-order chi connectivity index (χ0) is 12.1. The Kier molecular flexibility index (Phi) is 4.43. The van der Waals surface area contributed by atoms with Gasteiger partial charge < -0.3 is 10.0 Å². The first kappa shape index (κ1) is 12.9. The summed E-state index contributed by atoms with van der Waals surface area (Å²) in [4.78, 5) is 12.9. The van der Waals surface area contributed by atoms with Gasteiger partial charge in [-0.2, -0.15) is 0 Å². The smallest absolute Gasteiger partial charge is 0.303 e. The van der Waals surface area contributed by atoms with Crippen LogP contribution in [0.1, 0.15) is 57.8 Å². The lowest BCUT2D eigenvalue weighted by Crippen LogP contribution is -2.56. The lowest BCUT2D eigenvalue weighted by Gasteiger charge is -2.50. The Labute approximate surface area is 104 Å². The lowest BCUT2D eigenvalue weighted by molar-refractivity contribution is -0.137. The van der Waals surface area contributed by atoms with Crippen LogP contribution in [0.25, 0.3) is 0 Å². The van der Waals surface area contributed by atoms with Crippen LogP contribution < -0.4 is 0 Å². The normalized spacial score (nSPS) is 24.2. The average Bonchev–Trinajstić information content (AvgIpc) is 2.48. The van der Waals surface area contributed by atoms with Gasteiger partial charge in [0.25, 0.3) is 0 Å². The topological polar surface area (TPSA) is 40.5 Å². The molecule has 0 aromatic carbocycles. The molecule has 98 valence electrons. The summed E-state index contributed by atoms with van der Waals surface area (Å²) in [6.45, 7) is 3.66. The Morgan fingerprint density at radius 2 is 1.71 bits per heavy atom. The molecule has 1 N–H and O–H groups in total. The minimum atomic E-state index is -0.658. The molecule has 1 saturated heterocycles. The summed E-state index contributed by atoms with van der Waals surface area (Å²) < 4.78 is 0. The van der Waals surface area contributed by atoms with E-state index in [1.807, 2.05) is 0 Å². The highest BCUT2D eigenvalue weighted by molar-refractivity contribution is 5.66. The molecular weight excluding hydrogens is 214 g/mol. The fourth-order valence-electron chi connectivity index (χ4n) is 3.47. The minimum absolute atomic E-state index is 0.332. The van der Waals surface area contributed by atoms with E-state index in [1.54, 1.807) is 0 Å². The standard InChI is InChI=1S/C14H25NO2/c16-13(17)7-3-6-10-15-11-14(12-15)8-4-1-2-5-9-14/h1-12H2,(H,16,17). The molecule has 2 aliphatic rings. The third-order valence-electron chi connectivity index (χ3n) is 4.40. The van der Waals surface area contributed by atoms with Gasteiger partial charge in [-0.25, -0.2) is 0 Å². The maximum atomic E-state index is 10.4. The molecule has 0 aromatic heterocycles. The van der Waals surface area contributed by atoms with Crippen LogP contribution in [0.15, 0.2) is 0 Å². The van der Waals surface area contributed by atoms with Crippen molar-refractivity contribution in [2.45, 2.75) is 57.8 Å². The fraction of sp³-hybridized carbons (Fsp3) is 0.929. The summed E-state index contributed by atoms with van der Waals surface area (Å²) in [5.74, 6) is -0.658. The SMILES string of the molecule is O=C(O)CCCCN1CC2(CCCCCC2)C1. The van der Waals surface area contributed by atoms with Crippen LogP contribution in [0.3, 0.4) is 0 Å². The summed E-state index contributed by atoms with van der Waals surface area (Å²) in [7, 11) is 0. The second-order valence-corrected chi connectivity index (χ2v) is 5.98. The number of hydrogen-bond acceptors (Lipinski definition) is 2. The number of carboxylic acid groups (broad SMARTS) is 1. The molecule has 1 spiro atoms. The zero-order valence-corrected chi connectivity index (χ0v) is 10.8. The van der Waals surface area contributed by atoms with Crippen LogP contribution in [0.2, 0.25) is 0 Å². The summed E-state index contributed by atoms with van der Waals surface area (Å²) in [5, 5.41) is 8.57. The van der Waals surface area contributed by atoms with Gasteiger partial charge in [-0.1, -0.05) is 25.7 Å². The zero-order valence-electron chi connectivity index (χ0n) is 10.8. The van der Waals surface area contributed by atoms with Crippen LogP contribution in [0.4, 0.5) is 0 Å². The number of carboxylic acids is 1. The quantitative estimate of drug-likeness (QED) is 0.750. The van der Waals surface area contributed by atoms with E-state index >= 15 is 0 Å². The average molecular weight is 239 g/mol. The Hall–Kier alpha value is -0.570. The molecule has 0 atom stereocenters. The molecule has 3 heteroatoms. The van der Waals surface area contributed by atoms with E-state index < -0.39 is 5.97 Å². The molecule has 0 radical (unpaired) electrons. The molecule has 1 aliphatic heterocycles. The van der Waals surface area contributed by atoms with Crippen LogP contribution >= 0.6 is 0 Å². The summed E-state index contributed by atoms with van der Waals surface area (Å²) in [6, 6.07) is 0. The molecule has 2 fully saturated rings. The van der Waals surface area contributed by atoms with Crippen molar-refractivity contribution in [3.05, 3.63) is 0 Å². The molecule has 1 aliphatic carbocycles. The predicted molar refractivity (Wildman–Crippen MR) is 68.1 cm³/mol. The Morgan fingerprint density at radius 3 is 2.29 bits per heavy atom. The monoisotopic (exact) mass is 239 g/mol. The van der Waals surface area contributed by atoms with E-state index in [0.29, 0.717) is 11.8 Å². The third-order valence-corrected chi connectivity index (χ3v) is 4.40. The lowest BCUT2D eigenvalue weighted by atomic mass is 9.73. The highest BCUT2D eigenvalue weighted by Crippen LogP contribution is 2.42. The number of unbranched alkanes of at least 4 members (excludes halogenated alkanes) is 1. The molecule has 1 heterocycles. The van der Waals surface area contributed by atoms with E-state index in [4.69, 9.17) is 5.11 Å². The molecule has 1 saturated carbocycles. The maximum absolute atomic E-state index is 10.4. The molecule has 3 nitrogen and oxygen atoms in total. The van der Waals surface area contributed by atoms with Crippen LogP contribution in [0.5, 0.6) is 0 Å². The highest BCUT2D eigenvalue weighted by atomic mass is 16.4. The van der Waals surface area contributed by atoms with Gasteiger partial charge in [-0.05, 0) is 37.6 Å². The van der Waals surface area contributed by atoms with Crippen molar-refractivity contribution in [2.24, 2.45) is 5.41 Å². The largest absolute Gasteiger partial charge is 0.481 e. The van der Waals surface area contributed by atoms with Crippen LogP contribution in [-0.2, 0) is 4.79 Å². The van der Waals surface area contributed by atoms with Gasteiger partial charge in [0.1, 0.15) is 0 Å². The van der Waals surface area contributed by atoms with Crippen molar-refractivity contribution in [1.29, 1.82) is 0 Å². The van der Waals surface area contributed by atoms with Crippen molar-refractivity contribution in [1.82, 2.24) is 4.90 Å². The minimum Gasteiger partial charge on any atom is -0.481 e. The number of nitrogens with zero attached hydrogens (tertiary/aromatic N) is 1. The summed E-state index contributed by atoms with van der Waals surface area (Å²) in [5.41, 5.74) is 0.656. The number of hydrogen-bond donors (Lipinski definition) is 1. The van der Waals surface area contributed by atoms with Gasteiger partial charge in [0.15, 0.2) is 0 Å². The van der Waals surface area contributed by atoms with Crippen molar-refractivity contribution in [3.63, 3.8) is 0 Å². The molecule has 0 unspecified atom stereocenters. The second-order valence-electron chi connectivity index (χ2n) is 5.98. The number of carbonyl (C=O) groups is 1. The van der Waals surface area contributed by atoms with Crippen molar-refractivity contribution < 1.29 is 9.90 Å².